The van der Waals surface area contributed by atoms with Gasteiger partial charge in [-0.05, 0) is 30.2 Å². The fourth-order valence-corrected chi connectivity index (χ4v) is 1.54. The molecule has 0 saturated heterocycles. The highest BCUT2D eigenvalue weighted by Crippen LogP contribution is 2.22. The lowest BCUT2D eigenvalue weighted by Gasteiger charge is -2.13. The Morgan fingerprint density at radius 2 is 2.11 bits per heavy atom. The topological polar surface area (TPSA) is 89.6 Å². The number of ether oxygens (including phenoxy) is 1. The summed E-state index contributed by atoms with van der Waals surface area (Å²) >= 11 is 0. The van der Waals surface area contributed by atoms with Crippen LogP contribution in [-0.2, 0) is 9.53 Å². The van der Waals surface area contributed by atoms with Gasteiger partial charge < -0.3 is 15.6 Å². The van der Waals surface area contributed by atoms with E-state index in [4.69, 9.17) is 10.8 Å². The number of benzene rings is 1. The fourth-order valence-electron chi connectivity index (χ4n) is 1.54. The van der Waals surface area contributed by atoms with Crippen LogP contribution in [0.4, 0.5) is 4.39 Å². The van der Waals surface area contributed by atoms with Crippen LogP contribution in [0.15, 0.2) is 12.1 Å². The van der Waals surface area contributed by atoms with Crippen molar-refractivity contribution in [1.29, 1.82) is 0 Å². The predicted molar refractivity (Wildman–Crippen MR) is 61.7 cm³/mol. The Balaban J connectivity index is 3.19. The van der Waals surface area contributed by atoms with E-state index in [1.54, 1.807) is 0 Å². The first-order valence-corrected chi connectivity index (χ1v) is 5.22. The molecule has 0 radical (unpaired) electrons. The molecule has 6 heteroatoms. The van der Waals surface area contributed by atoms with Gasteiger partial charge in [-0.15, -0.1) is 0 Å². The van der Waals surface area contributed by atoms with Crippen molar-refractivity contribution in [3.8, 4) is 0 Å². The average Bonchev–Trinajstić information content (AvgIpc) is 2.30. The van der Waals surface area contributed by atoms with Crippen molar-refractivity contribution in [2.75, 3.05) is 7.11 Å². The molecule has 0 fully saturated rings. The smallest absolute Gasteiger partial charge is 0.338 e. The number of carboxylic acid groups (broad SMARTS) is 1. The maximum Gasteiger partial charge on any atom is 0.338 e. The largest absolute Gasteiger partial charge is 0.481 e. The van der Waals surface area contributed by atoms with Crippen molar-refractivity contribution in [3.05, 3.63) is 34.6 Å². The third-order valence-electron chi connectivity index (χ3n) is 2.59. The fraction of sp³-hybridized carbons (Fsp3) is 0.333. The summed E-state index contributed by atoms with van der Waals surface area (Å²) in [5, 5.41) is 8.63. The number of carbonyl (C=O) groups is 2. The minimum atomic E-state index is -1.09. The van der Waals surface area contributed by atoms with Gasteiger partial charge in [-0.2, -0.15) is 0 Å². The molecule has 1 unspecified atom stereocenters. The number of methoxy groups -OCH3 is 1. The summed E-state index contributed by atoms with van der Waals surface area (Å²) in [4.78, 5) is 22.0. The Morgan fingerprint density at radius 3 is 2.61 bits per heavy atom. The number of carboxylic acids is 1. The van der Waals surface area contributed by atoms with Gasteiger partial charge in [0, 0.05) is 6.04 Å². The minimum Gasteiger partial charge on any atom is -0.481 e. The molecule has 0 spiro atoms. The zero-order chi connectivity index (χ0) is 13.9. The van der Waals surface area contributed by atoms with Crippen molar-refractivity contribution >= 4 is 11.9 Å². The molecule has 5 nitrogen and oxygen atoms in total. The highest BCUT2D eigenvalue weighted by Gasteiger charge is 2.18. The van der Waals surface area contributed by atoms with Crippen molar-refractivity contribution in [1.82, 2.24) is 0 Å². The second-order valence-corrected chi connectivity index (χ2v) is 3.87. The number of rotatable bonds is 4. The zero-order valence-corrected chi connectivity index (χ0v) is 10.1. The van der Waals surface area contributed by atoms with Crippen LogP contribution in [0, 0.1) is 12.7 Å². The standard InChI is InChI=1S/C12H14FNO4/c1-6-8(12(17)18-2)3-7(4-9(6)13)10(14)5-11(15)16/h3-4,10H,5,14H2,1-2H3,(H,15,16). The second-order valence-electron chi connectivity index (χ2n) is 3.87. The maximum absolute atomic E-state index is 13.6. The molecule has 1 atom stereocenters. The summed E-state index contributed by atoms with van der Waals surface area (Å²) in [6.45, 7) is 1.44. The van der Waals surface area contributed by atoms with Gasteiger partial charge in [0.15, 0.2) is 0 Å². The van der Waals surface area contributed by atoms with Gasteiger partial charge in [0.2, 0.25) is 0 Å². The molecular weight excluding hydrogens is 241 g/mol. The van der Waals surface area contributed by atoms with Crippen molar-refractivity contribution in [2.24, 2.45) is 5.73 Å². The third kappa shape index (κ3) is 3.04. The Morgan fingerprint density at radius 1 is 1.50 bits per heavy atom. The molecule has 1 aromatic carbocycles. The summed E-state index contributed by atoms with van der Waals surface area (Å²) < 4.78 is 18.1. The molecule has 0 saturated carbocycles. The lowest BCUT2D eigenvalue weighted by Crippen LogP contribution is -2.17. The van der Waals surface area contributed by atoms with E-state index in [1.807, 2.05) is 0 Å². The predicted octanol–water partition coefficient (Wildman–Crippen LogP) is 1.40. The highest BCUT2D eigenvalue weighted by atomic mass is 19.1. The Hall–Kier alpha value is -1.95. The molecule has 0 heterocycles. The molecule has 0 bridgehead atoms. The molecule has 0 aliphatic rings. The molecule has 0 aliphatic carbocycles. The van der Waals surface area contributed by atoms with E-state index in [1.165, 1.54) is 20.1 Å². The first kappa shape index (κ1) is 14.1. The number of halogens is 1. The lowest BCUT2D eigenvalue weighted by atomic mass is 9.98. The number of carbonyl (C=O) groups excluding carboxylic acids is 1. The van der Waals surface area contributed by atoms with E-state index in [9.17, 15) is 14.0 Å². The number of aliphatic carboxylic acids is 1. The number of hydrogen-bond acceptors (Lipinski definition) is 4. The Kier molecular flexibility index (Phi) is 4.38. The van der Waals surface area contributed by atoms with E-state index in [2.05, 4.69) is 4.74 Å². The molecule has 98 valence electrons. The monoisotopic (exact) mass is 255 g/mol. The van der Waals surface area contributed by atoms with Gasteiger partial charge >= 0.3 is 11.9 Å². The highest BCUT2D eigenvalue weighted by molar-refractivity contribution is 5.91. The van der Waals surface area contributed by atoms with Crippen LogP contribution in [0.25, 0.3) is 0 Å². The van der Waals surface area contributed by atoms with E-state index < -0.39 is 23.8 Å². The summed E-state index contributed by atoms with van der Waals surface area (Å²) in [6.07, 6.45) is -0.344. The van der Waals surface area contributed by atoms with Gasteiger partial charge in [-0.25, -0.2) is 9.18 Å². The lowest BCUT2D eigenvalue weighted by molar-refractivity contribution is -0.137. The molecule has 18 heavy (non-hydrogen) atoms. The van der Waals surface area contributed by atoms with E-state index in [-0.39, 0.29) is 23.1 Å². The van der Waals surface area contributed by atoms with Crippen LogP contribution in [0.5, 0.6) is 0 Å². The van der Waals surface area contributed by atoms with Gasteiger partial charge in [0.25, 0.3) is 0 Å². The number of hydrogen-bond donors (Lipinski definition) is 2. The molecule has 1 aromatic rings. The van der Waals surface area contributed by atoms with Gasteiger partial charge in [0.05, 0.1) is 19.1 Å². The van der Waals surface area contributed by atoms with Crippen molar-refractivity contribution < 1.29 is 23.8 Å². The molecule has 0 aliphatic heterocycles. The maximum atomic E-state index is 13.6. The summed E-state index contributed by atoms with van der Waals surface area (Å²) in [7, 11) is 1.18. The van der Waals surface area contributed by atoms with Crippen molar-refractivity contribution in [2.45, 2.75) is 19.4 Å². The second kappa shape index (κ2) is 5.59. The van der Waals surface area contributed by atoms with E-state index in [0.717, 1.165) is 6.07 Å². The molecule has 0 amide bonds. The quantitative estimate of drug-likeness (QED) is 0.793. The number of esters is 1. The van der Waals surface area contributed by atoms with Crippen LogP contribution in [-0.4, -0.2) is 24.2 Å². The van der Waals surface area contributed by atoms with Crippen LogP contribution in [0.2, 0.25) is 0 Å². The Labute approximate surface area is 103 Å². The third-order valence-corrected chi connectivity index (χ3v) is 2.59. The van der Waals surface area contributed by atoms with E-state index in [0.29, 0.717) is 0 Å². The minimum absolute atomic E-state index is 0.0494. The van der Waals surface area contributed by atoms with Gasteiger partial charge in [0.1, 0.15) is 5.82 Å². The van der Waals surface area contributed by atoms with Crippen molar-refractivity contribution in [3.63, 3.8) is 0 Å². The van der Waals surface area contributed by atoms with Crippen LogP contribution >= 0.6 is 0 Å². The summed E-state index contributed by atoms with van der Waals surface area (Å²) in [6, 6.07) is 1.62. The first-order chi connectivity index (χ1) is 8.36. The van der Waals surface area contributed by atoms with Crippen LogP contribution < -0.4 is 5.73 Å². The molecule has 3 N–H and O–H groups in total. The SMILES string of the molecule is COC(=O)c1cc(C(N)CC(=O)O)cc(F)c1C. The number of nitrogens with two attached hydrogens (primary N) is 1. The first-order valence-electron chi connectivity index (χ1n) is 5.22. The zero-order valence-electron chi connectivity index (χ0n) is 10.1. The van der Waals surface area contributed by atoms with Crippen LogP contribution in [0.3, 0.4) is 0 Å². The molecule has 1 rings (SSSR count). The summed E-state index contributed by atoms with van der Waals surface area (Å²) in [5.74, 6) is -2.40. The van der Waals surface area contributed by atoms with Gasteiger partial charge in [-0.1, -0.05) is 0 Å². The average molecular weight is 255 g/mol. The Bertz CT molecular complexity index is 487. The van der Waals surface area contributed by atoms with E-state index >= 15 is 0 Å². The van der Waals surface area contributed by atoms with Crippen LogP contribution in [0.1, 0.15) is 33.9 Å². The normalized spacial score (nSPS) is 12.0. The summed E-state index contributed by atoms with van der Waals surface area (Å²) in [5.41, 5.74) is 6.07. The van der Waals surface area contributed by atoms with Gasteiger partial charge in [-0.3, -0.25) is 4.79 Å². The molecular formula is C12H14FNO4. The molecule has 0 aromatic heterocycles.